The molecular weight excluding hydrogens is 396 g/mol. The lowest BCUT2D eigenvalue weighted by Gasteiger charge is -2.20. The second-order valence-electron chi connectivity index (χ2n) is 7.33. The van der Waals surface area contributed by atoms with Crippen molar-refractivity contribution in [1.82, 2.24) is 14.9 Å². The molecule has 31 heavy (non-hydrogen) atoms. The smallest absolute Gasteiger partial charge is 0.258 e. The van der Waals surface area contributed by atoms with Crippen molar-refractivity contribution in [2.45, 2.75) is 18.9 Å². The van der Waals surface area contributed by atoms with Crippen LogP contribution in [0.1, 0.15) is 29.4 Å². The maximum Gasteiger partial charge on any atom is 0.258 e. The van der Waals surface area contributed by atoms with Crippen molar-refractivity contribution in [3.8, 4) is 11.5 Å². The highest BCUT2D eigenvalue weighted by Gasteiger charge is 2.21. The van der Waals surface area contributed by atoms with Crippen LogP contribution < -0.4 is 20.1 Å². The molecule has 1 aliphatic heterocycles. The first-order valence-corrected chi connectivity index (χ1v) is 9.99. The third kappa shape index (κ3) is 4.69. The number of nitrogens with one attached hydrogen (secondary N) is 2. The lowest BCUT2D eigenvalue weighted by Crippen LogP contribution is -2.34. The molecule has 1 aliphatic rings. The molecular formula is C23H24N4O4. The number of hydrogen-bond donors (Lipinski definition) is 2. The number of carbonyl (C=O) groups excluding carboxylic acids is 2. The molecule has 0 saturated heterocycles. The molecule has 0 radical (unpaired) electrons. The zero-order valence-corrected chi connectivity index (χ0v) is 17.4. The van der Waals surface area contributed by atoms with Crippen molar-refractivity contribution < 1.29 is 19.1 Å². The topological polar surface area (TPSA) is 94.5 Å². The van der Waals surface area contributed by atoms with E-state index in [4.69, 9.17) is 9.47 Å². The highest BCUT2D eigenvalue weighted by molar-refractivity contribution is 5.94. The van der Waals surface area contributed by atoms with E-state index in [0.29, 0.717) is 24.4 Å². The number of benzene rings is 2. The summed E-state index contributed by atoms with van der Waals surface area (Å²) in [6.45, 7) is -0.137. The molecule has 4 rings (SSSR count). The van der Waals surface area contributed by atoms with Crippen molar-refractivity contribution in [2.75, 3.05) is 19.0 Å². The summed E-state index contributed by atoms with van der Waals surface area (Å²) in [6, 6.07) is 12.5. The van der Waals surface area contributed by atoms with Crippen LogP contribution in [0.25, 0.3) is 0 Å². The Labute approximate surface area is 180 Å². The molecule has 1 atom stereocenters. The number of fused-ring (bicyclic) bond motifs is 1. The van der Waals surface area contributed by atoms with E-state index in [9.17, 15) is 9.59 Å². The molecule has 0 unspecified atom stereocenters. The van der Waals surface area contributed by atoms with Crippen LogP contribution in [0, 0.1) is 0 Å². The first-order chi connectivity index (χ1) is 15.0. The van der Waals surface area contributed by atoms with Gasteiger partial charge in [-0.1, -0.05) is 12.1 Å². The fourth-order valence-corrected chi connectivity index (χ4v) is 3.55. The van der Waals surface area contributed by atoms with E-state index in [-0.39, 0.29) is 18.4 Å². The number of aromatic nitrogens is 2. The van der Waals surface area contributed by atoms with E-state index >= 15 is 0 Å². The van der Waals surface area contributed by atoms with Gasteiger partial charge < -0.3 is 24.7 Å². The Hall–Kier alpha value is -3.81. The van der Waals surface area contributed by atoms with Gasteiger partial charge in [0.25, 0.3) is 5.91 Å². The highest BCUT2D eigenvalue weighted by Crippen LogP contribution is 2.27. The van der Waals surface area contributed by atoms with Crippen LogP contribution in [0.3, 0.4) is 0 Å². The van der Waals surface area contributed by atoms with Crippen LogP contribution in [-0.4, -0.2) is 35.1 Å². The van der Waals surface area contributed by atoms with Crippen molar-refractivity contribution in [3.63, 3.8) is 0 Å². The maximum atomic E-state index is 12.7. The molecule has 0 saturated carbocycles. The summed E-state index contributed by atoms with van der Waals surface area (Å²) in [6.07, 6.45) is 4.63. The van der Waals surface area contributed by atoms with Gasteiger partial charge in [-0.2, -0.15) is 0 Å². The van der Waals surface area contributed by atoms with Crippen LogP contribution in [0.2, 0.25) is 0 Å². The lowest BCUT2D eigenvalue weighted by molar-refractivity contribution is -0.123. The lowest BCUT2D eigenvalue weighted by atomic mass is 10.0. The highest BCUT2D eigenvalue weighted by atomic mass is 16.5. The van der Waals surface area contributed by atoms with Crippen LogP contribution in [0.5, 0.6) is 11.5 Å². The summed E-state index contributed by atoms with van der Waals surface area (Å²) < 4.78 is 12.8. The van der Waals surface area contributed by atoms with Crippen LogP contribution in [-0.2, 0) is 23.1 Å². The van der Waals surface area contributed by atoms with Crippen LogP contribution >= 0.6 is 0 Å². The Balaban J connectivity index is 1.45. The largest absolute Gasteiger partial charge is 0.497 e. The number of amides is 2. The third-order valence-corrected chi connectivity index (χ3v) is 5.21. The molecule has 1 aromatic heterocycles. The molecule has 0 spiro atoms. The first-order valence-electron chi connectivity index (χ1n) is 9.99. The van der Waals surface area contributed by atoms with E-state index in [1.807, 2.05) is 48.1 Å². The monoisotopic (exact) mass is 420 g/mol. The summed E-state index contributed by atoms with van der Waals surface area (Å²) in [5.41, 5.74) is 2.68. The van der Waals surface area contributed by atoms with Gasteiger partial charge in [0.15, 0.2) is 6.61 Å². The van der Waals surface area contributed by atoms with Gasteiger partial charge in [-0.25, -0.2) is 4.98 Å². The average molecular weight is 420 g/mol. The van der Waals surface area contributed by atoms with Crippen molar-refractivity contribution in [3.05, 3.63) is 71.8 Å². The number of hydrogen-bond acceptors (Lipinski definition) is 5. The molecule has 0 fully saturated rings. The van der Waals surface area contributed by atoms with Gasteiger partial charge in [-0.15, -0.1) is 0 Å². The molecule has 2 amide bonds. The van der Waals surface area contributed by atoms with Crippen molar-refractivity contribution >= 4 is 17.5 Å². The summed E-state index contributed by atoms with van der Waals surface area (Å²) in [5.74, 6) is 1.78. The van der Waals surface area contributed by atoms with E-state index in [0.717, 1.165) is 22.6 Å². The number of ether oxygens (including phenoxy) is 2. The number of methoxy groups -OCH3 is 1. The maximum absolute atomic E-state index is 12.7. The number of carbonyl (C=O) groups is 2. The van der Waals surface area contributed by atoms with Gasteiger partial charge in [-0.05, 0) is 47.9 Å². The summed E-state index contributed by atoms with van der Waals surface area (Å²) in [5, 5.41) is 5.84. The first kappa shape index (κ1) is 20.5. The second-order valence-corrected chi connectivity index (χ2v) is 7.33. The van der Waals surface area contributed by atoms with Gasteiger partial charge in [0.1, 0.15) is 23.4 Å². The average Bonchev–Trinajstić information content (AvgIpc) is 3.21. The third-order valence-electron chi connectivity index (χ3n) is 5.21. The zero-order chi connectivity index (χ0) is 21.8. The van der Waals surface area contributed by atoms with Crippen LogP contribution in [0.15, 0.2) is 54.9 Å². The van der Waals surface area contributed by atoms with Gasteiger partial charge in [-0.3, -0.25) is 9.59 Å². The predicted octanol–water partition coefficient (Wildman–Crippen LogP) is 2.60. The Morgan fingerprint density at radius 2 is 1.97 bits per heavy atom. The molecule has 8 heteroatoms. The number of nitrogens with zero attached hydrogens (tertiary/aromatic N) is 2. The van der Waals surface area contributed by atoms with Crippen LogP contribution in [0.4, 0.5) is 5.69 Å². The SMILES string of the molecule is COc1ccc([C@@H](NC(=O)COc2ccc3c(c2)CCC(=O)N3)c2nccn2C)cc1. The van der Waals surface area contributed by atoms with Gasteiger partial charge in [0.05, 0.1) is 7.11 Å². The standard InChI is InChI=1S/C23H24N4O4/c1-27-12-11-24-23(27)22(15-3-6-17(30-2)7-4-15)26-21(29)14-31-18-8-9-19-16(13-18)5-10-20(28)25-19/h3-4,6-9,11-13,22H,5,10,14H2,1-2H3,(H,25,28)(H,26,29)/t22-/m1/s1. The quantitative estimate of drug-likeness (QED) is 0.613. The Morgan fingerprint density at radius 1 is 1.19 bits per heavy atom. The molecule has 3 aromatic rings. The Kier molecular flexibility index (Phi) is 5.88. The zero-order valence-electron chi connectivity index (χ0n) is 17.4. The predicted molar refractivity (Wildman–Crippen MR) is 115 cm³/mol. The normalized spacial score (nSPS) is 13.7. The molecule has 2 N–H and O–H groups in total. The van der Waals surface area contributed by atoms with Crippen molar-refractivity contribution in [2.24, 2.45) is 7.05 Å². The van der Waals surface area contributed by atoms with E-state index < -0.39 is 6.04 Å². The molecule has 2 aromatic carbocycles. The summed E-state index contributed by atoms with van der Waals surface area (Å²) >= 11 is 0. The number of aryl methyl sites for hydroxylation is 2. The molecule has 160 valence electrons. The molecule has 8 nitrogen and oxygen atoms in total. The minimum absolute atomic E-state index is 0.0133. The van der Waals surface area contributed by atoms with E-state index in [1.54, 1.807) is 25.4 Å². The minimum Gasteiger partial charge on any atom is -0.497 e. The van der Waals surface area contributed by atoms with E-state index in [2.05, 4.69) is 15.6 Å². The minimum atomic E-state index is -0.430. The summed E-state index contributed by atoms with van der Waals surface area (Å²) in [4.78, 5) is 28.6. The van der Waals surface area contributed by atoms with E-state index in [1.165, 1.54) is 0 Å². The van der Waals surface area contributed by atoms with Gasteiger partial charge in [0, 0.05) is 31.5 Å². The molecule has 0 bridgehead atoms. The number of imidazole rings is 1. The Morgan fingerprint density at radius 3 is 2.68 bits per heavy atom. The number of anilines is 1. The Bertz CT molecular complexity index is 1090. The number of rotatable bonds is 7. The van der Waals surface area contributed by atoms with Crippen molar-refractivity contribution in [1.29, 1.82) is 0 Å². The van der Waals surface area contributed by atoms with Gasteiger partial charge >= 0.3 is 0 Å². The van der Waals surface area contributed by atoms with Gasteiger partial charge in [0.2, 0.25) is 5.91 Å². The fraction of sp³-hybridized carbons (Fsp3) is 0.261. The molecule has 2 heterocycles. The summed E-state index contributed by atoms with van der Waals surface area (Å²) in [7, 11) is 3.49. The molecule has 0 aliphatic carbocycles. The fourth-order valence-electron chi connectivity index (χ4n) is 3.55. The second kappa shape index (κ2) is 8.91.